The number of anilines is 1. The van der Waals surface area contributed by atoms with E-state index >= 15 is 0 Å². The molecule has 0 radical (unpaired) electrons. The molecule has 1 unspecified atom stereocenters. The Kier molecular flexibility index (Phi) is 6.85. The van der Waals surface area contributed by atoms with E-state index in [1.165, 1.54) is 4.90 Å². The van der Waals surface area contributed by atoms with Gasteiger partial charge < -0.3 is 5.32 Å². The maximum Gasteiger partial charge on any atom is 0.277 e. The summed E-state index contributed by atoms with van der Waals surface area (Å²) in [4.78, 5) is 37.1. The molecule has 0 saturated heterocycles. The molecule has 0 saturated carbocycles. The fraction of sp³-hybridized carbons (Fsp3) is 0.111. The van der Waals surface area contributed by atoms with Crippen LogP contribution in [0.2, 0.25) is 0 Å². The number of carbonyl (C=O) groups excluding carboxylic acids is 2. The van der Waals surface area contributed by atoms with Crippen molar-refractivity contribution < 1.29 is 9.59 Å². The number of amides is 2. The van der Waals surface area contributed by atoms with E-state index in [4.69, 9.17) is 0 Å². The second-order valence-corrected chi connectivity index (χ2v) is 7.62. The summed E-state index contributed by atoms with van der Waals surface area (Å²) in [5.74, 6) is -0.681. The van der Waals surface area contributed by atoms with Gasteiger partial charge in [0.15, 0.2) is 0 Å². The molecule has 0 aliphatic rings. The molecular weight excluding hydrogens is 412 g/mol. The van der Waals surface area contributed by atoms with Gasteiger partial charge in [0.05, 0.1) is 11.9 Å². The van der Waals surface area contributed by atoms with Crippen LogP contribution in [0.15, 0.2) is 104 Å². The number of benzene rings is 2. The number of aromatic nitrogens is 2. The molecule has 0 spiro atoms. The van der Waals surface area contributed by atoms with Crippen LogP contribution in [0, 0.1) is 6.92 Å². The van der Waals surface area contributed by atoms with E-state index < -0.39 is 6.04 Å². The molecule has 2 aromatic carbocycles. The molecule has 4 aromatic rings. The third-order valence-corrected chi connectivity index (χ3v) is 5.24. The van der Waals surface area contributed by atoms with Crippen LogP contribution >= 0.6 is 0 Å². The average molecular weight is 437 g/mol. The molecule has 0 fully saturated rings. The van der Waals surface area contributed by atoms with Crippen LogP contribution in [0.5, 0.6) is 0 Å². The van der Waals surface area contributed by atoms with E-state index in [-0.39, 0.29) is 17.5 Å². The first-order chi connectivity index (χ1) is 16.1. The topological polar surface area (TPSA) is 75.2 Å². The standard InChI is InChI=1S/C27H24N4O2/c1-20-12-14-22(15-13-20)25(26(32)30-18-21-8-3-2-4-9-21)31(23-10-7-16-28-19-23)27(33)24-11-5-6-17-29-24/h2-17,19,25H,18H2,1H3,(H,30,32). The Balaban J connectivity index is 1.76. The van der Waals surface area contributed by atoms with E-state index in [2.05, 4.69) is 15.3 Å². The van der Waals surface area contributed by atoms with Crippen LogP contribution in [-0.4, -0.2) is 21.8 Å². The monoisotopic (exact) mass is 436 g/mol. The molecule has 33 heavy (non-hydrogen) atoms. The fourth-order valence-corrected chi connectivity index (χ4v) is 3.54. The van der Waals surface area contributed by atoms with E-state index in [1.54, 1.807) is 48.9 Å². The summed E-state index contributed by atoms with van der Waals surface area (Å²) in [5.41, 5.74) is 3.48. The largest absolute Gasteiger partial charge is 0.350 e. The van der Waals surface area contributed by atoms with Crippen molar-refractivity contribution in [3.8, 4) is 0 Å². The average Bonchev–Trinajstić information content (AvgIpc) is 2.88. The Morgan fingerprint density at radius 3 is 2.30 bits per heavy atom. The molecule has 0 aliphatic carbocycles. The van der Waals surface area contributed by atoms with Crippen molar-refractivity contribution in [1.29, 1.82) is 0 Å². The second kappa shape index (κ2) is 10.3. The van der Waals surface area contributed by atoms with Gasteiger partial charge >= 0.3 is 0 Å². The van der Waals surface area contributed by atoms with Gasteiger partial charge in [0.1, 0.15) is 11.7 Å². The molecule has 0 aliphatic heterocycles. The Labute approximate surface area is 192 Å². The first kappa shape index (κ1) is 21.9. The normalized spacial score (nSPS) is 11.4. The van der Waals surface area contributed by atoms with Crippen LogP contribution in [-0.2, 0) is 11.3 Å². The zero-order valence-electron chi connectivity index (χ0n) is 18.3. The van der Waals surface area contributed by atoms with Gasteiger partial charge in [0.2, 0.25) is 5.91 Å². The zero-order valence-corrected chi connectivity index (χ0v) is 18.3. The zero-order chi connectivity index (χ0) is 23.0. The van der Waals surface area contributed by atoms with Crippen molar-refractivity contribution in [2.45, 2.75) is 19.5 Å². The molecule has 2 heterocycles. The first-order valence-corrected chi connectivity index (χ1v) is 10.7. The minimum absolute atomic E-state index is 0.245. The number of aryl methyl sites for hydroxylation is 1. The lowest BCUT2D eigenvalue weighted by atomic mass is 10.0. The second-order valence-electron chi connectivity index (χ2n) is 7.62. The summed E-state index contributed by atoms with van der Waals surface area (Å²) in [6.45, 7) is 2.33. The molecule has 6 heteroatoms. The van der Waals surface area contributed by atoms with Crippen LogP contribution < -0.4 is 10.2 Å². The minimum atomic E-state index is -0.909. The smallest absolute Gasteiger partial charge is 0.277 e. The van der Waals surface area contributed by atoms with E-state index in [0.717, 1.165) is 11.1 Å². The number of nitrogens with zero attached hydrogens (tertiary/aromatic N) is 3. The van der Waals surface area contributed by atoms with Gasteiger partial charge in [0, 0.05) is 18.9 Å². The lowest BCUT2D eigenvalue weighted by molar-refractivity contribution is -0.122. The number of hydrogen-bond donors (Lipinski definition) is 1. The van der Waals surface area contributed by atoms with Gasteiger partial charge in [-0.1, -0.05) is 66.2 Å². The number of pyridine rings is 2. The summed E-state index contributed by atoms with van der Waals surface area (Å²) in [6, 6.07) is 25.0. The lowest BCUT2D eigenvalue weighted by Crippen LogP contribution is -2.44. The number of hydrogen-bond acceptors (Lipinski definition) is 4. The quantitative estimate of drug-likeness (QED) is 0.463. The van der Waals surface area contributed by atoms with Gasteiger partial charge in [-0.2, -0.15) is 0 Å². The fourth-order valence-electron chi connectivity index (χ4n) is 3.54. The Bertz CT molecular complexity index is 1200. The summed E-state index contributed by atoms with van der Waals surface area (Å²) in [7, 11) is 0. The van der Waals surface area contributed by atoms with Crippen LogP contribution in [0.25, 0.3) is 0 Å². The minimum Gasteiger partial charge on any atom is -0.350 e. The van der Waals surface area contributed by atoms with Crippen molar-refractivity contribution in [1.82, 2.24) is 15.3 Å². The highest BCUT2D eigenvalue weighted by atomic mass is 16.2. The molecule has 6 nitrogen and oxygen atoms in total. The molecule has 164 valence electrons. The summed E-state index contributed by atoms with van der Waals surface area (Å²) in [5, 5.41) is 3.00. The van der Waals surface area contributed by atoms with E-state index in [9.17, 15) is 9.59 Å². The summed E-state index contributed by atoms with van der Waals surface area (Å²) < 4.78 is 0. The van der Waals surface area contributed by atoms with Crippen molar-refractivity contribution >= 4 is 17.5 Å². The van der Waals surface area contributed by atoms with Gasteiger partial charge in [0.25, 0.3) is 5.91 Å². The Hall–Kier alpha value is -4.32. The third kappa shape index (κ3) is 5.30. The van der Waals surface area contributed by atoms with Crippen molar-refractivity contribution in [3.05, 3.63) is 126 Å². The highest BCUT2D eigenvalue weighted by Gasteiger charge is 2.34. The maximum atomic E-state index is 13.7. The Morgan fingerprint density at radius 2 is 1.64 bits per heavy atom. The van der Waals surface area contributed by atoms with Crippen LogP contribution in [0.4, 0.5) is 5.69 Å². The van der Waals surface area contributed by atoms with Crippen molar-refractivity contribution in [2.75, 3.05) is 4.90 Å². The van der Waals surface area contributed by atoms with Crippen molar-refractivity contribution in [3.63, 3.8) is 0 Å². The number of rotatable bonds is 7. The molecule has 2 aromatic heterocycles. The SMILES string of the molecule is Cc1ccc(C(C(=O)NCc2ccccc2)N(C(=O)c2ccccn2)c2cccnc2)cc1. The molecule has 1 N–H and O–H groups in total. The number of nitrogens with one attached hydrogen (secondary N) is 1. The summed E-state index contributed by atoms with van der Waals surface area (Å²) in [6.07, 6.45) is 4.76. The predicted molar refractivity (Wildman–Crippen MR) is 127 cm³/mol. The predicted octanol–water partition coefficient (Wildman–Crippen LogP) is 4.49. The third-order valence-electron chi connectivity index (χ3n) is 5.24. The van der Waals surface area contributed by atoms with Crippen molar-refractivity contribution in [2.24, 2.45) is 0 Å². The van der Waals surface area contributed by atoms with E-state index in [1.807, 2.05) is 61.5 Å². The maximum absolute atomic E-state index is 13.7. The van der Waals surface area contributed by atoms with Crippen LogP contribution in [0.1, 0.15) is 33.2 Å². The highest BCUT2D eigenvalue weighted by Crippen LogP contribution is 2.29. The highest BCUT2D eigenvalue weighted by molar-refractivity contribution is 6.09. The summed E-state index contributed by atoms with van der Waals surface area (Å²) >= 11 is 0. The van der Waals surface area contributed by atoms with Gasteiger partial charge in [-0.3, -0.25) is 24.5 Å². The van der Waals surface area contributed by atoms with Gasteiger partial charge in [-0.25, -0.2) is 0 Å². The van der Waals surface area contributed by atoms with Gasteiger partial charge in [-0.15, -0.1) is 0 Å². The Morgan fingerprint density at radius 1 is 0.879 bits per heavy atom. The molecular formula is C27H24N4O2. The molecule has 2 amide bonds. The van der Waals surface area contributed by atoms with Crippen LogP contribution in [0.3, 0.4) is 0 Å². The molecule has 1 atom stereocenters. The first-order valence-electron chi connectivity index (χ1n) is 10.7. The van der Waals surface area contributed by atoms with E-state index in [0.29, 0.717) is 17.8 Å². The molecule has 4 rings (SSSR count). The molecule has 0 bridgehead atoms. The van der Waals surface area contributed by atoms with Gasteiger partial charge in [-0.05, 0) is 42.3 Å². The number of carbonyl (C=O) groups is 2. The lowest BCUT2D eigenvalue weighted by Gasteiger charge is -2.31.